The average Bonchev–Trinajstić information content (AvgIpc) is 3.62. The molecular weight excluding hydrogens is 637 g/mol. The molecule has 8 rings (SSSR count). The second-order valence-electron chi connectivity index (χ2n) is 13.2. The Kier molecular flexibility index (Phi) is 8.73. The Hall–Kier alpha value is -5.17. The Morgan fingerprint density at radius 2 is 1.74 bits per heavy atom. The van der Waals surface area contributed by atoms with E-state index in [1.807, 2.05) is 47.1 Å². The number of fused-ring (bicyclic) bond motifs is 2. The maximum atomic E-state index is 14.6. The van der Waals surface area contributed by atoms with Crippen molar-refractivity contribution in [2.75, 3.05) is 26.3 Å². The first-order valence-electron chi connectivity index (χ1n) is 17.1. The van der Waals surface area contributed by atoms with E-state index in [9.17, 15) is 19.1 Å². The molecule has 1 aliphatic heterocycles. The molecule has 0 bridgehead atoms. The maximum Gasteiger partial charge on any atom is 0.337 e. The van der Waals surface area contributed by atoms with E-state index < -0.39 is 17.1 Å². The van der Waals surface area contributed by atoms with Gasteiger partial charge in [0.05, 0.1) is 30.5 Å². The number of benzene rings is 2. The van der Waals surface area contributed by atoms with Gasteiger partial charge in [-0.2, -0.15) is 0 Å². The summed E-state index contributed by atoms with van der Waals surface area (Å²) in [5, 5.41) is 14.1. The van der Waals surface area contributed by atoms with E-state index in [-0.39, 0.29) is 28.9 Å². The zero-order valence-corrected chi connectivity index (χ0v) is 27.5. The van der Waals surface area contributed by atoms with Crippen molar-refractivity contribution >= 4 is 16.7 Å². The quantitative estimate of drug-likeness (QED) is 0.236. The average molecular weight is 676 g/mol. The monoisotopic (exact) mass is 675 g/mol. The third-order valence-corrected chi connectivity index (χ3v) is 10.0. The van der Waals surface area contributed by atoms with Crippen LogP contribution >= 0.6 is 0 Å². The van der Waals surface area contributed by atoms with E-state index in [4.69, 9.17) is 4.74 Å². The minimum atomic E-state index is -0.641. The van der Waals surface area contributed by atoms with Crippen LogP contribution in [-0.2, 0) is 17.8 Å². The molecule has 2 N–H and O–H groups in total. The molecule has 1 saturated heterocycles. The maximum absolute atomic E-state index is 14.6. The molecule has 11 nitrogen and oxygen atoms in total. The predicted molar refractivity (Wildman–Crippen MR) is 188 cm³/mol. The van der Waals surface area contributed by atoms with Crippen molar-refractivity contribution in [3.05, 3.63) is 123 Å². The van der Waals surface area contributed by atoms with Gasteiger partial charge < -0.3 is 19.6 Å². The molecule has 2 fully saturated rings. The van der Waals surface area contributed by atoms with Crippen molar-refractivity contribution in [2.24, 2.45) is 0 Å². The lowest BCUT2D eigenvalue weighted by Gasteiger charge is -2.30. The number of hydrogen-bond donors (Lipinski definition) is 2. The van der Waals surface area contributed by atoms with Crippen LogP contribution in [0.3, 0.4) is 0 Å². The Balaban J connectivity index is 1.11. The lowest BCUT2D eigenvalue weighted by atomic mass is 9.90. The number of phenolic OH excluding ortho intramolecular Hbond substituents is 1. The summed E-state index contributed by atoms with van der Waals surface area (Å²) in [4.78, 5) is 39.3. The number of phenols is 1. The third-order valence-electron chi connectivity index (χ3n) is 10.0. The molecule has 2 aliphatic rings. The van der Waals surface area contributed by atoms with E-state index in [1.54, 1.807) is 24.4 Å². The molecule has 0 radical (unpaired) electrons. The third kappa shape index (κ3) is 6.21. The first-order chi connectivity index (χ1) is 24.4. The van der Waals surface area contributed by atoms with Crippen LogP contribution in [0.2, 0.25) is 0 Å². The minimum Gasteiger partial charge on any atom is -0.508 e. The highest BCUT2D eigenvalue weighted by Gasteiger charge is 2.27. The van der Waals surface area contributed by atoms with Crippen LogP contribution in [0.4, 0.5) is 4.39 Å². The fourth-order valence-corrected chi connectivity index (χ4v) is 7.48. The van der Waals surface area contributed by atoms with E-state index >= 15 is 0 Å². The fraction of sp³-hybridized carbons (Fsp3) is 0.316. The summed E-state index contributed by atoms with van der Waals surface area (Å²) in [6.07, 6.45) is 9.50. The summed E-state index contributed by atoms with van der Waals surface area (Å²) in [5.74, 6) is -0.466. The largest absolute Gasteiger partial charge is 0.508 e. The van der Waals surface area contributed by atoms with Gasteiger partial charge in [-0.3, -0.25) is 14.3 Å². The predicted octanol–water partition coefficient (Wildman–Crippen LogP) is 4.81. The highest BCUT2D eigenvalue weighted by molar-refractivity contribution is 5.77. The second kappa shape index (κ2) is 13.6. The lowest BCUT2D eigenvalue weighted by molar-refractivity contribution is 0.0342. The SMILES string of the molecule is O=c1c2cc(F)cnc2n(-c2cccc(-c3ccc(O)cc3CN3CCOCC3)c2)c(=O)n1C1CCC(NCc2cccn3ccnc23)CC1. The van der Waals surface area contributed by atoms with Crippen molar-refractivity contribution in [1.82, 2.24) is 33.7 Å². The molecule has 256 valence electrons. The highest BCUT2D eigenvalue weighted by atomic mass is 19.1. The summed E-state index contributed by atoms with van der Waals surface area (Å²) in [6.45, 7) is 4.19. The Morgan fingerprint density at radius 1 is 0.900 bits per heavy atom. The van der Waals surface area contributed by atoms with Gasteiger partial charge in [0.25, 0.3) is 5.56 Å². The number of hydrogen-bond acceptors (Lipinski definition) is 8. The number of ether oxygens (including phenoxy) is 1. The minimum absolute atomic E-state index is 0.0562. The summed E-state index contributed by atoms with van der Waals surface area (Å²) < 4.78 is 24.8. The molecule has 6 aromatic rings. The second-order valence-corrected chi connectivity index (χ2v) is 13.2. The molecule has 1 saturated carbocycles. The van der Waals surface area contributed by atoms with Gasteiger partial charge in [-0.15, -0.1) is 0 Å². The number of halogens is 1. The van der Waals surface area contributed by atoms with Gasteiger partial charge in [0.1, 0.15) is 17.2 Å². The van der Waals surface area contributed by atoms with Crippen LogP contribution in [0, 0.1) is 5.82 Å². The first kappa shape index (κ1) is 32.1. The van der Waals surface area contributed by atoms with Crippen LogP contribution in [0.1, 0.15) is 42.9 Å². The number of nitrogens with one attached hydrogen (secondary N) is 1. The fourth-order valence-electron chi connectivity index (χ4n) is 7.48. The van der Waals surface area contributed by atoms with Gasteiger partial charge in [0, 0.05) is 62.4 Å². The van der Waals surface area contributed by atoms with Gasteiger partial charge in [0.15, 0.2) is 5.65 Å². The van der Waals surface area contributed by atoms with Crippen LogP contribution in [0.5, 0.6) is 5.75 Å². The molecule has 1 aliphatic carbocycles. The Bertz CT molecular complexity index is 2300. The first-order valence-corrected chi connectivity index (χ1v) is 17.1. The van der Waals surface area contributed by atoms with Crippen LogP contribution in [0.15, 0.2) is 95.0 Å². The van der Waals surface area contributed by atoms with E-state index in [0.29, 0.717) is 44.8 Å². The summed E-state index contributed by atoms with van der Waals surface area (Å²) in [7, 11) is 0. The molecule has 4 aromatic heterocycles. The van der Waals surface area contributed by atoms with Crippen LogP contribution in [-0.4, -0.2) is 65.9 Å². The zero-order valence-electron chi connectivity index (χ0n) is 27.5. The van der Waals surface area contributed by atoms with E-state index in [2.05, 4.69) is 26.3 Å². The van der Waals surface area contributed by atoms with Crippen molar-refractivity contribution in [1.29, 1.82) is 0 Å². The highest BCUT2D eigenvalue weighted by Crippen LogP contribution is 2.31. The lowest BCUT2D eigenvalue weighted by Crippen LogP contribution is -2.44. The van der Waals surface area contributed by atoms with Crippen molar-refractivity contribution in [2.45, 2.75) is 50.9 Å². The smallest absolute Gasteiger partial charge is 0.337 e. The number of morpholine rings is 1. The van der Waals surface area contributed by atoms with Gasteiger partial charge >= 0.3 is 5.69 Å². The number of nitrogens with zero attached hydrogens (tertiary/aromatic N) is 6. The van der Waals surface area contributed by atoms with Crippen molar-refractivity contribution in [3.8, 4) is 22.6 Å². The Morgan fingerprint density at radius 3 is 2.58 bits per heavy atom. The molecule has 50 heavy (non-hydrogen) atoms. The van der Waals surface area contributed by atoms with Crippen molar-refractivity contribution in [3.63, 3.8) is 0 Å². The normalized spacial score (nSPS) is 18.6. The van der Waals surface area contributed by atoms with Crippen LogP contribution in [0.25, 0.3) is 33.5 Å². The number of aromatic nitrogens is 5. The Labute approximate surface area is 287 Å². The van der Waals surface area contributed by atoms with E-state index in [1.165, 1.54) is 15.2 Å². The summed E-state index contributed by atoms with van der Waals surface area (Å²) in [6, 6.07) is 17.9. The van der Waals surface area contributed by atoms with Gasteiger partial charge in [-0.25, -0.2) is 23.7 Å². The van der Waals surface area contributed by atoms with Crippen LogP contribution < -0.4 is 16.6 Å². The van der Waals surface area contributed by atoms with Gasteiger partial charge in [-0.1, -0.05) is 24.3 Å². The topological polar surface area (TPSA) is 119 Å². The molecule has 2 aromatic carbocycles. The molecule has 12 heteroatoms. The van der Waals surface area contributed by atoms with E-state index in [0.717, 1.165) is 60.0 Å². The number of imidazole rings is 1. The molecule has 0 spiro atoms. The summed E-state index contributed by atoms with van der Waals surface area (Å²) in [5.41, 5.74) is 4.30. The van der Waals surface area contributed by atoms with Crippen molar-refractivity contribution < 1.29 is 14.2 Å². The number of rotatable bonds is 8. The molecule has 0 amide bonds. The van der Waals surface area contributed by atoms with Gasteiger partial charge in [-0.05, 0) is 78.8 Å². The molecule has 0 unspecified atom stereocenters. The summed E-state index contributed by atoms with van der Waals surface area (Å²) >= 11 is 0. The molecule has 5 heterocycles. The number of aromatic hydroxyl groups is 1. The molecular formula is C38H38FN7O4. The molecule has 0 atom stereocenters. The van der Waals surface area contributed by atoms with Gasteiger partial charge in [0.2, 0.25) is 0 Å². The standard InChI is InChI=1S/C38H38FN7O4/c39-28-21-34-36(42-23-28)45(31-5-1-3-25(19-31)33-11-10-32(47)20-27(33)24-43-15-17-50-18-16-43)38(49)46(37(34)48)30-8-6-29(7-9-30)41-22-26-4-2-13-44-14-12-40-35(26)44/h1-5,10-14,19-21,23,29-30,41,47H,6-9,15-18,22,24H2. The number of pyridine rings is 2. The zero-order chi connectivity index (χ0) is 34.2.